The number of hydrogen-bond donors (Lipinski definition) is 4. The number of carbonyl (C=O) groups excluding carboxylic acids is 1. The zero-order valence-electron chi connectivity index (χ0n) is 22.1. The molecule has 4 rings (SSSR count). The summed E-state index contributed by atoms with van der Waals surface area (Å²) in [6.07, 6.45) is 4.04. The molecule has 4 N–H and O–H groups in total. The van der Waals surface area contributed by atoms with E-state index in [2.05, 4.69) is 42.4 Å². The van der Waals surface area contributed by atoms with Gasteiger partial charge in [0.15, 0.2) is 0 Å². The van der Waals surface area contributed by atoms with Crippen molar-refractivity contribution >= 4 is 51.9 Å². The fourth-order valence-corrected chi connectivity index (χ4v) is 3.79. The molecule has 40 heavy (non-hydrogen) atoms. The number of carbonyl (C=O) groups is 1. The van der Waals surface area contributed by atoms with Crippen molar-refractivity contribution in [1.29, 1.82) is 5.41 Å². The number of hydrogen-bond acceptors (Lipinski definition) is 8. The summed E-state index contributed by atoms with van der Waals surface area (Å²) in [4.78, 5) is 29.9. The number of aromatic nitrogens is 3. The quantitative estimate of drug-likeness (QED) is 0.127. The topological polar surface area (TPSA) is 141 Å². The molecule has 11 nitrogen and oxygen atoms in total. The van der Waals surface area contributed by atoms with Crippen LogP contribution in [-0.4, -0.2) is 59.3 Å². The zero-order valence-corrected chi connectivity index (χ0v) is 22.8. The lowest BCUT2D eigenvalue weighted by Gasteiger charge is -2.16. The van der Waals surface area contributed by atoms with Crippen molar-refractivity contribution in [2.24, 2.45) is 4.99 Å². The Hall–Kier alpha value is -4.92. The number of rotatable bonds is 10. The van der Waals surface area contributed by atoms with Crippen molar-refractivity contribution in [1.82, 2.24) is 19.9 Å². The summed E-state index contributed by atoms with van der Waals surface area (Å²) < 4.78 is 11.9. The molecule has 0 atom stereocenters. The lowest BCUT2D eigenvalue weighted by atomic mass is 10.1. The van der Waals surface area contributed by atoms with Crippen LogP contribution in [0.3, 0.4) is 0 Å². The van der Waals surface area contributed by atoms with Crippen molar-refractivity contribution in [3.8, 4) is 29.1 Å². The van der Waals surface area contributed by atoms with Gasteiger partial charge in [-0.3, -0.25) is 10.2 Å². The number of pyridine rings is 1. The summed E-state index contributed by atoms with van der Waals surface area (Å²) in [5, 5.41) is 14.2. The number of ether oxygens (including phenoxy) is 2. The van der Waals surface area contributed by atoms with Crippen LogP contribution in [0.1, 0.15) is 6.92 Å². The Morgan fingerprint density at radius 3 is 2.80 bits per heavy atom. The van der Waals surface area contributed by atoms with E-state index in [1.165, 1.54) is 6.33 Å². The van der Waals surface area contributed by atoms with E-state index in [-0.39, 0.29) is 0 Å². The van der Waals surface area contributed by atoms with Gasteiger partial charge in [0.05, 0.1) is 16.2 Å². The Labute approximate surface area is 235 Å². The van der Waals surface area contributed by atoms with Gasteiger partial charge < -0.3 is 30.0 Å². The normalized spacial score (nSPS) is 11.1. The molecule has 2 heterocycles. The van der Waals surface area contributed by atoms with Gasteiger partial charge in [-0.05, 0) is 57.3 Å². The van der Waals surface area contributed by atoms with Gasteiger partial charge in [-0.15, -0.1) is 0 Å². The first-order valence-electron chi connectivity index (χ1n) is 12.1. The van der Waals surface area contributed by atoms with Gasteiger partial charge in [-0.25, -0.2) is 15.0 Å². The average Bonchev–Trinajstić information content (AvgIpc) is 2.91. The van der Waals surface area contributed by atoms with Crippen LogP contribution in [-0.2, 0) is 4.79 Å². The standard InChI is InChI=1S/C28H27ClN8O3/c1-4-5-27(38)36-23-14-20-22(15-25(23)39-11-10-37(2)3)33-17-34-28(20)35-18-6-7-24(21(29)12-18)40-19-8-9-31-26(13-19)32-16-30/h6-9,12-17H,10-11H2,1-3H3,(H,36,38)(H2,30,31,32)(H,33,34,35). The predicted molar refractivity (Wildman–Crippen MR) is 156 cm³/mol. The third-order valence-corrected chi connectivity index (χ3v) is 5.70. The van der Waals surface area contributed by atoms with Crippen LogP contribution < -0.4 is 25.6 Å². The molecule has 0 radical (unpaired) electrons. The molecule has 0 unspecified atom stereocenters. The summed E-state index contributed by atoms with van der Waals surface area (Å²) in [5.41, 5.74) is 2.20. The van der Waals surface area contributed by atoms with Gasteiger partial charge in [0, 0.05) is 35.9 Å². The number of benzene rings is 2. The van der Waals surface area contributed by atoms with Crippen molar-refractivity contribution in [3.05, 3.63) is 65.5 Å². The molecule has 0 spiro atoms. The van der Waals surface area contributed by atoms with E-state index in [0.717, 1.165) is 6.34 Å². The minimum Gasteiger partial charge on any atom is -0.490 e. The Morgan fingerprint density at radius 1 is 1.20 bits per heavy atom. The van der Waals surface area contributed by atoms with Crippen molar-refractivity contribution in [2.75, 3.05) is 37.9 Å². The SMILES string of the molecule is CC#CC(=O)Nc1cc2c(Nc3ccc(Oc4cc[nH]/c(=N\C=N)c4)c(Cl)c3)ncnc2cc1OCCN(C)C. The number of nitrogens with zero attached hydrogens (tertiary/aromatic N) is 4. The highest BCUT2D eigenvalue weighted by molar-refractivity contribution is 6.32. The number of aromatic amines is 1. The first-order chi connectivity index (χ1) is 19.4. The van der Waals surface area contributed by atoms with Crippen LogP contribution in [0.2, 0.25) is 5.02 Å². The molecule has 0 saturated heterocycles. The number of H-pyrrole nitrogens is 1. The van der Waals surface area contributed by atoms with Crippen molar-refractivity contribution in [2.45, 2.75) is 6.92 Å². The van der Waals surface area contributed by atoms with Gasteiger partial charge in [0.2, 0.25) is 0 Å². The van der Waals surface area contributed by atoms with Crippen LogP contribution in [0.25, 0.3) is 10.9 Å². The van der Waals surface area contributed by atoms with Crippen molar-refractivity contribution < 1.29 is 14.3 Å². The second kappa shape index (κ2) is 13.2. The largest absolute Gasteiger partial charge is 0.490 e. The molecular weight excluding hydrogens is 532 g/mol. The van der Waals surface area contributed by atoms with E-state index in [1.54, 1.807) is 55.6 Å². The van der Waals surface area contributed by atoms with Gasteiger partial charge in [0.1, 0.15) is 47.8 Å². The van der Waals surface area contributed by atoms with E-state index in [1.807, 2.05) is 19.0 Å². The van der Waals surface area contributed by atoms with Crippen molar-refractivity contribution in [3.63, 3.8) is 0 Å². The molecule has 2 aromatic heterocycles. The monoisotopic (exact) mass is 558 g/mol. The smallest absolute Gasteiger partial charge is 0.300 e. The zero-order chi connectivity index (χ0) is 28.5. The number of likely N-dealkylation sites (N-methyl/N-ethyl adjacent to an activating group) is 1. The van der Waals surface area contributed by atoms with E-state index < -0.39 is 5.91 Å². The molecule has 0 saturated carbocycles. The minimum absolute atomic E-state index is 0.365. The Morgan fingerprint density at radius 2 is 2.05 bits per heavy atom. The molecule has 0 bridgehead atoms. The molecule has 0 aliphatic rings. The third kappa shape index (κ3) is 7.35. The highest BCUT2D eigenvalue weighted by Gasteiger charge is 2.14. The van der Waals surface area contributed by atoms with Crippen LogP contribution in [0.15, 0.2) is 60.0 Å². The molecule has 0 aliphatic carbocycles. The number of fused-ring (bicyclic) bond motifs is 1. The highest BCUT2D eigenvalue weighted by atomic mass is 35.5. The van der Waals surface area contributed by atoms with Gasteiger partial charge in [-0.2, -0.15) is 0 Å². The fourth-order valence-electron chi connectivity index (χ4n) is 3.57. The minimum atomic E-state index is -0.456. The van der Waals surface area contributed by atoms with Gasteiger partial charge >= 0.3 is 0 Å². The van der Waals surface area contributed by atoms with Gasteiger partial charge in [0.25, 0.3) is 5.91 Å². The van der Waals surface area contributed by atoms with E-state index in [4.69, 9.17) is 26.5 Å². The molecular formula is C28H27ClN8O3. The maximum Gasteiger partial charge on any atom is 0.300 e. The maximum absolute atomic E-state index is 12.3. The summed E-state index contributed by atoms with van der Waals surface area (Å²) in [7, 11) is 3.90. The summed E-state index contributed by atoms with van der Waals surface area (Å²) in [6, 6.07) is 12.1. The molecule has 2 aromatic carbocycles. The van der Waals surface area contributed by atoms with Crippen LogP contribution >= 0.6 is 11.6 Å². The molecule has 204 valence electrons. The molecule has 0 aliphatic heterocycles. The average molecular weight is 559 g/mol. The maximum atomic E-state index is 12.3. The summed E-state index contributed by atoms with van der Waals surface area (Å²) in [5.74, 6) is 6.55. The van der Waals surface area contributed by atoms with E-state index in [0.29, 0.717) is 69.0 Å². The van der Waals surface area contributed by atoms with Gasteiger partial charge in [-0.1, -0.05) is 17.5 Å². The second-order valence-electron chi connectivity index (χ2n) is 8.61. The van der Waals surface area contributed by atoms with Crippen LogP contribution in [0.4, 0.5) is 17.2 Å². The third-order valence-electron chi connectivity index (χ3n) is 5.40. The van der Waals surface area contributed by atoms with E-state index >= 15 is 0 Å². The van der Waals surface area contributed by atoms with Crippen LogP contribution in [0.5, 0.6) is 17.2 Å². The second-order valence-corrected chi connectivity index (χ2v) is 9.02. The first kappa shape index (κ1) is 28.1. The molecule has 1 amide bonds. The fraction of sp³-hybridized carbons (Fsp3) is 0.179. The summed E-state index contributed by atoms with van der Waals surface area (Å²) in [6.45, 7) is 2.71. The lowest BCUT2D eigenvalue weighted by molar-refractivity contribution is -0.111. The highest BCUT2D eigenvalue weighted by Crippen LogP contribution is 2.35. The van der Waals surface area contributed by atoms with E-state index in [9.17, 15) is 4.79 Å². The summed E-state index contributed by atoms with van der Waals surface area (Å²) >= 11 is 6.52. The number of anilines is 3. The molecule has 4 aromatic rings. The Bertz CT molecular complexity index is 1670. The number of nitrogens with one attached hydrogen (secondary N) is 4. The first-order valence-corrected chi connectivity index (χ1v) is 12.5. The Kier molecular flexibility index (Phi) is 9.30. The molecule has 12 heteroatoms. The molecule has 0 fully saturated rings. The predicted octanol–water partition coefficient (Wildman–Crippen LogP) is 4.56. The van der Waals surface area contributed by atoms with Crippen LogP contribution in [0, 0.1) is 17.3 Å². The number of halogens is 1. The Balaban J connectivity index is 1.62. The number of amides is 1. The lowest BCUT2D eigenvalue weighted by Crippen LogP contribution is -2.20.